The van der Waals surface area contributed by atoms with Crippen LogP contribution in [0.3, 0.4) is 0 Å². The van der Waals surface area contributed by atoms with Gasteiger partial charge in [0.15, 0.2) is 0 Å². The minimum Gasteiger partial charge on any atom is -0.399 e. The quantitative estimate of drug-likeness (QED) is 0.838. The van der Waals surface area contributed by atoms with Crippen molar-refractivity contribution in [1.29, 1.82) is 0 Å². The third-order valence-electron chi connectivity index (χ3n) is 3.92. The molecule has 0 bridgehead atoms. The lowest BCUT2D eigenvalue weighted by Crippen LogP contribution is -2.37. The SMILES string of the molecule is Nc1cc(F)cc(S(=O)(=O)N(CC2CCOC2)C2CC2)c1. The van der Waals surface area contributed by atoms with E-state index >= 15 is 0 Å². The largest absolute Gasteiger partial charge is 0.399 e. The number of halogens is 1. The molecule has 7 heteroatoms. The molecule has 3 rings (SSSR count). The maximum absolute atomic E-state index is 13.5. The first kappa shape index (κ1) is 14.7. The van der Waals surface area contributed by atoms with Crippen LogP contribution < -0.4 is 5.73 Å². The van der Waals surface area contributed by atoms with Gasteiger partial charge in [-0.1, -0.05) is 0 Å². The third kappa shape index (κ3) is 3.20. The van der Waals surface area contributed by atoms with Gasteiger partial charge in [0.05, 0.1) is 11.5 Å². The van der Waals surface area contributed by atoms with Gasteiger partial charge in [0.2, 0.25) is 10.0 Å². The number of nitrogens with two attached hydrogens (primary N) is 1. The summed E-state index contributed by atoms with van der Waals surface area (Å²) in [4.78, 5) is -0.0641. The van der Waals surface area contributed by atoms with E-state index < -0.39 is 15.8 Å². The summed E-state index contributed by atoms with van der Waals surface area (Å²) < 4.78 is 45.8. The van der Waals surface area contributed by atoms with Crippen molar-refractivity contribution in [2.75, 3.05) is 25.5 Å². The molecule has 1 unspecified atom stereocenters. The molecule has 1 aromatic rings. The molecule has 116 valence electrons. The Bertz CT molecular complexity index is 605. The lowest BCUT2D eigenvalue weighted by molar-refractivity contribution is 0.180. The van der Waals surface area contributed by atoms with E-state index in [1.807, 2.05) is 0 Å². The van der Waals surface area contributed by atoms with Crippen LogP contribution >= 0.6 is 0 Å². The summed E-state index contributed by atoms with van der Waals surface area (Å²) in [5.74, 6) is -0.417. The predicted octanol–water partition coefficient (Wildman–Crippen LogP) is 1.60. The topological polar surface area (TPSA) is 72.6 Å². The first-order valence-electron chi connectivity index (χ1n) is 7.12. The molecule has 21 heavy (non-hydrogen) atoms. The monoisotopic (exact) mass is 314 g/mol. The fourth-order valence-electron chi connectivity index (χ4n) is 2.66. The van der Waals surface area contributed by atoms with Crippen LogP contribution in [0.5, 0.6) is 0 Å². The van der Waals surface area contributed by atoms with E-state index in [-0.39, 0.29) is 22.5 Å². The van der Waals surface area contributed by atoms with E-state index in [4.69, 9.17) is 10.5 Å². The molecule has 1 saturated heterocycles. The average Bonchev–Trinajstić information content (AvgIpc) is 3.11. The van der Waals surface area contributed by atoms with E-state index in [0.717, 1.165) is 31.4 Å². The summed E-state index contributed by atoms with van der Waals surface area (Å²) in [6.45, 7) is 1.70. The number of rotatable bonds is 5. The number of nitrogen functional groups attached to an aromatic ring is 1. The van der Waals surface area contributed by atoms with Crippen molar-refractivity contribution >= 4 is 15.7 Å². The number of sulfonamides is 1. The smallest absolute Gasteiger partial charge is 0.243 e. The molecule has 5 nitrogen and oxygen atoms in total. The normalized spacial score (nSPS) is 22.9. The average molecular weight is 314 g/mol. The van der Waals surface area contributed by atoms with Crippen molar-refractivity contribution < 1.29 is 17.5 Å². The number of nitrogens with zero attached hydrogens (tertiary/aromatic N) is 1. The highest BCUT2D eigenvalue weighted by Gasteiger charge is 2.40. The predicted molar refractivity (Wildman–Crippen MR) is 76.7 cm³/mol. The minimum atomic E-state index is -3.71. The molecule has 1 saturated carbocycles. The number of hydrogen-bond acceptors (Lipinski definition) is 4. The lowest BCUT2D eigenvalue weighted by Gasteiger charge is -2.24. The van der Waals surface area contributed by atoms with Crippen molar-refractivity contribution in [1.82, 2.24) is 4.31 Å². The molecular formula is C14H19FN2O3S. The van der Waals surface area contributed by atoms with Gasteiger partial charge in [-0.15, -0.1) is 0 Å². The Morgan fingerprint density at radius 3 is 2.62 bits per heavy atom. The highest BCUT2D eigenvalue weighted by atomic mass is 32.2. The van der Waals surface area contributed by atoms with Crippen molar-refractivity contribution in [3.63, 3.8) is 0 Å². The van der Waals surface area contributed by atoms with Gasteiger partial charge in [0, 0.05) is 24.9 Å². The molecule has 0 amide bonds. The van der Waals surface area contributed by atoms with Gasteiger partial charge in [-0.05, 0) is 43.4 Å². The molecular weight excluding hydrogens is 295 g/mol. The summed E-state index contributed by atoms with van der Waals surface area (Å²) in [7, 11) is -3.71. The molecule has 0 radical (unpaired) electrons. The van der Waals surface area contributed by atoms with Crippen LogP contribution in [0, 0.1) is 11.7 Å². The number of benzene rings is 1. The maximum atomic E-state index is 13.5. The van der Waals surface area contributed by atoms with Gasteiger partial charge in [-0.25, -0.2) is 12.8 Å². The lowest BCUT2D eigenvalue weighted by atomic mass is 10.1. The standard InChI is InChI=1S/C14H19FN2O3S/c15-11-5-12(16)7-14(6-11)21(18,19)17(13-1-2-13)8-10-3-4-20-9-10/h5-7,10,13H,1-4,8-9,16H2. The van der Waals surface area contributed by atoms with Crippen LogP contribution in [0.25, 0.3) is 0 Å². The Morgan fingerprint density at radius 1 is 1.29 bits per heavy atom. The summed E-state index contributed by atoms with van der Waals surface area (Å²) in [5, 5.41) is 0. The van der Waals surface area contributed by atoms with Gasteiger partial charge >= 0.3 is 0 Å². The Kier molecular flexibility index (Phi) is 3.90. The first-order valence-corrected chi connectivity index (χ1v) is 8.56. The van der Waals surface area contributed by atoms with Crippen LogP contribution in [-0.2, 0) is 14.8 Å². The van der Waals surface area contributed by atoms with Gasteiger partial charge in [0.1, 0.15) is 5.82 Å². The summed E-state index contributed by atoms with van der Waals surface area (Å²) >= 11 is 0. The highest BCUT2D eigenvalue weighted by Crippen LogP contribution is 2.34. The van der Waals surface area contributed by atoms with Gasteiger partial charge in [-0.3, -0.25) is 0 Å². The van der Waals surface area contributed by atoms with Crippen molar-refractivity contribution in [3.05, 3.63) is 24.0 Å². The third-order valence-corrected chi connectivity index (χ3v) is 5.81. The Balaban J connectivity index is 1.89. The maximum Gasteiger partial charge on any atom is 0.243 e. The second-order valence-corrected chi connectivity index (χ2v) is 7.65. The van der Waals surface area contributed by atoms with Crippen molar-refractivity contribution in [2.45, 2.75) is 30.2 Å². The first-order chi connectivity index (χ1) is 9.96. The Morgan fingerprint density at radius 2 is 2.05 bits per heavy atom. The molecule has 1 heterocycles. The number of anilines is 1. The number of hydrogen-bond donors (Lipinski definition) is 1. The molecule has 2 aliphatic rings. The number of ether oxygens (including phenoxy) is 1. The zero-order valence-corrected chi connectivity index (χ0v) is 12.5. The molecule has 2 fully saturated rings. The minimum absolute atomic E-state index is 0.0279. The fraction of sp³-hybridized carbons (Fsp3) is 0.571. The second kappa shape index (κ2) is 5.55. The molecule has 2 N–H and O–H groups in total. The van der Waals surface area contributed by atoms with E-state index in [1.54, 1.807) is 0 Å². The van der Waals surface area contributed by atoms with Gasteiger partial charge in [0.25, 0.3) is 0 Å². The van der Waals surface area contributed by atoms with Crippen molar-refractivity contribution in [2.24, 2.45) is 5.92 Å². The molecule has 0 aromatic heterocycles. The van der Waals surface area contributed by atoms with Gasteiger partial charge < -0.3 is 10.5 Å². The molecule has 0 spiro atoms. The molecule has 1 aromatic carbocycles. The zero-order valence-electron chi connectivity index (χ0n) is 11.7. The van der Waals surface area contributed by atoms with E-state index in [9.17, 15) is 12.8 Å². The Hall–Kier alpha value is -1.18. The highest BCUT2D eigenvalue weighted by molar-refractivity contribution is 7.89. The van der Waals surface area contributed by atoms with Crippen molar-refractivity contribution in [3.8, 4) is 0 Å². The van der Waals surface area contributed by atoms with Crippen LogP contribution in [0.2, 0.25) is 0 Å². The van der Waals surface area contributed by atoms with E-state index in [2.05, 4.69) is 0 Å². The fourth-order valence-corrected chi connectivity index (χ4v) is 4.48. The van der Waals surface area contributed by atoms with Crippen LogP contribution in [0.15, 0.2) is 23.1 Å². The summed E-state index contributed by atoms with van der Waals surface area (Å²) in [6.07, 6.45) is 2.58. The molecule has 1 atom stereocenters. The second-order valence-electron chi connectivity index (χ2n) is 5.76. The molecule has 1 aliphatic carbocycles. The zero-order chi connectivity index (χ0) is 15.0. The van der Waals surface area contributed by atoms with E-state index in [1.165, 1.54) is 10.4 Å². The Labute approximate surface area is 123 Å². The van der Waals surface area contributed by atoms with E-state index in [0.29, 0.717) is 19.8 Å². The molecule has 1 aliphatic heterocycles. The van der Waals surface area contributed by atoms with Crippen LogP contribution in [0.4, 0.5) is 10.1 Å². The summed E-state index contributed by atoms with van der Waals surface area (Å²) in [6, 6.07) is 3.50. The van der Waals surface area contributed by atoms with Crippen LogP contribution in [-0.4, -0.2) is 38.5 Å². The van der Waals surface area contributed by atoms with Crippen LogP contribution in [0.1, 0.15) is 19.3 Å². The van der Waals surface area contributed by atoms with Gasteiger partial charge in [-0.2, -0.15) is 4.31 Å². The summed E-state index contributed by atoms with van der Waals surface area (Å²) in [5.41, 5.74) is 5.69.